The molecule has 0 saturated carbocycles. The van der Waals surface area contributed by atoms with Crippen LogP contribution in [0.5, 0.6) is 0 Å². The highest BCUT2D eigenvalue weighted by Gasteiger charge is 1.90. The van der Waals surface area contributed by atoms with E-state index in [-0.39, 0.29) is 5.75 Å². The van der Waals surface area contributed by atoms with E-state index in [2.05, 4.69) is 0 Å². The van der Waals surface area contributed by atoms with Gasteiger partial charge in [0, 0.05) is 0 Å². The molecule has 0 spiro atoms. The molecular formula is C5H6O3S. The first-order valence-electron chi connectivity index (χ1n) is 2.21. The van der Waals surface area contributed by atoms with E-state index >= 15 is 0 Å². The van der Waals surface area contributed by atoms with Gasteiger partial charge < -0.3 is 5.11 Å². The average molecular weight is 146 g/mol. The summed E-state index contributed by atoms with van der Waals surface area (Å²) >= 11 is 1.07. The fourth-order valence-corrected chi connectivity index (χ4v) is 0.621. The van der Waals surface area contributed by atoms with Crippen LogP contribution in [0.1, 0.15) is 0 Å². The maximum Gasteiger partial charge on any atom is 0.313 e. The Bertz CT molecular complexity index is 130. The van der Waals surface area contributed by atoms with Crippen LogP contribution >= 0.6 is 11.8 Å². The second kappa shape index (κ2) is 5.37. The van der Waals surface area contributed by atoms with Gasteiger partial charge in [-0.15, -0.1) is 11.8 Å². The molecule has 0 aromatic carbocycles. The quantitative estimate of drug-likeness (QED) is 0.464. The monoisotopic (exact) mass is 146 g/mol. The van der Waals surface area contributed by atoms with Crippen LogP contribution in [0.2, 0.25) is 0 Å². The standard InChI is InChI=1S/C5H6O3S/c6-2-1-3-9-4-5(7)8/h1-3H,4H2,(H,7,8)/b3-1+. The van der Waals surface area contributed by atoms with Crippen LogP contribution in [-0.4, -0.2) is 23.1 Å². The molecule has 0 heterocycles. The van der Waals surface area contributed by atoms with E-state index in [0.717, 1.165) is 11.8 Å². The number of aliphatic carboxylic acids is 1. The topological polar surface area (TPSA) is 54.4 Å². The summed E-state index contributed by atoms with van der Waals surface area (Å²) in [5.41, 5.74) is 0. The lowest BCUT2D eigenvalue weighted by molar-refractivity contribution is -0.133. The minimum absolute atomic E-state index is 0.00431. The van der Waals surface area contributed by atoms with Gasteiger partial charge in [-0.3, -0.25) is 9.59 Å². The summed E-state index contributed by atoms with van der Waals surface area (Å²) in [6.07, 6.45) is 1.86. The zero-order valence-electron chi connectivity index (χ0n) is 4.61. The number of carbonyl (C=O) groups excluding carboxylic acids is 1. The lowest BCUT2D eigenvalue weighted by Crippen LogP contribution is -1.95. The first kappa shape index (κ1) is 8.23. The van der Waals surface area contributed by atoms with Crippen LogP contribution in [0.15, 0.2) is 11.5 Å². The molecule has 0 aliphatic heterocycles. The third kappa shape index (κ3) is 7.23. The van der Waals surface area contributed by atoms with Crippen molar-refractivity contribution in [3.63, 3.8) is 0 Å². The van der Waals surface area contributed by atoms with Crippen LogP contribution < -0.4 is 0 Å². The Hall–Kier alpha value is -0.770. The van der Waals surface area contributed by atoms with Crippen molar-refractivity contribution in [3.05, 3.63) is 11.5 Å². The van der Waals surface area contributed by atoms with Gasteiger partial charge in [-0.05, 0) is 11.5 Å². The van der Waals surface area contributed by atoms with E-state index in [4.69, 9.17) is 5.11 Å². The van der Waals surface area contributed by atoms with Crippen molar-refractivity contribution in [1.29, 1.82) is 0 Å². The number of rotatable bonds is 4. The molecule has 0 saturated heterocycles. The molecule has 0 aliphatic rings. The van der Waals surface area contributed by atoms with Gasteiger partial charge in [-0.2, -0.15) is 0 Å². The minimum Gasteiger partial charge on any atom is -0.481 e. The van der Waals surface area contributed by atoms with Crippen LogP contribution in [0.4, 0.5) is 0 Å². The summed E-state index contributed by atoms with van der Waals surface area (Å²) in [6.45, 7) is 0. The molecule has 0 bridgehead atoms. The van der Waals surface area contributed by atoms with E-state index < -0.39 is 5.97 Å². The highest BCUT2D eigenvalue weighted by molar-refractivity contribution is 8.02. The van der Waals surface area contributed by atoms with Crippen molar-refractivity contribution in [1.82, 2.24) is 0 Å². The molecule has 0 radical (unpaired) electrons. The number of hydrogen-bond acceptors (Lipinski definition) is 3. The van der Waals surface area contributed by atoms with E-state index in [0.29, 0.717) is 6.29 Å². The fraction of sp³-hybridized carbons (Fsp3) is 0.200. The predicted molar refractivity (Wildman–Crippen MR) is 35.3 cm³/mol. The maximum absolute atomic E-state index is 9.82. The Balaban J connectivity index is 3.19. The molecule has 1 N–H and O–H groups in total. The van der Waals surface area contributed by atoms with Crippen LogP contribution in [-0.2, 0) is 9.59 Å². The first-order chi connectivity index (χ1) is 4.27. The molecule has 0 aliphatic carbocycles. The number of carboxylic acid groups (broad SMARTS) is 1. The van der Waals surface area contributed by atoms with E-state index in [1.54, 1.807) is 0 Å². The number of thioether (sulfide) groups is 1. The van der Waals surface area contributed by atoms with E-state index in [1.807, 2.05) is 0 Å². The molecule has 3 nitrogen and oxygen atoms in total. The zero-order chi connectivity index (χ0) is 7.11. The molecule has 0 atom stereocenters. The maximum atomic E-state index is 9.82. The molecule has 0 fully saturated rings. The lowest BCUT2D eigenvalue weighted by atomic mass is 10.7. The Kier molecular flexibility index (Phi) is 4.91. The first-order valence-corrected chi connectivity index (χ1v) is 3.26. The summed E-state index contributed by atoms with van der Waals surface area (Å²) in [7, 11) is 0. The highest BCUT2D eigenvalue weighted by Crippen LogP contribution is 1.98. The Morgan fingerprint density at radius 3 is 2.78 bits per heavy atom. The highest BCUT2D eigenvalue weighted by atomic mass is 32.2. The number of carboxylic acids is 1. The van der Waals surface area contributed by atoms with Crippen molar-refractivity contribution >= 4 is 24.0 Å². The van der Waals surface area contributed by atoms with E-state index in [1.165, 1.54) is 11.5 Å². The fourth-order valence-electron chi connectivity index (χ4n) is 0.207. The molecule has 0 unspecified atom stereocenters. The Morgan fingerprint density at radius 1 is 1.67 bits per heavy atom. The SMILES string of the molecule is O=C/C=C/SCC(=O)O. The molecule has 4 heteroatoms. The molecule has 0 rings (SSSR count). The van der Waals surface area contributed by atoms with Crippen LogP contribution in [0.3, 0.4) is 0 Å². The van der Waals surface area contributed by atoms with Gasteiger partial charge in [0.15, 0.2) is 0 Å². The lowest BCUT2D eigenvalue weighted by Gasteiger charge is -1.83. The normalized spacial score (nSPS) is 9.78. The summed E-state index contributed by atoms with van der Waals surface area (Å²) in [6, 6.07) is 0. The van der Waals surface area contributed by atoms with Gasteiger partial charge in [0.05, 0.1) is 5.75 Å². The Labute approximate surface area is 56.7 Å². The summed E-state index contributed by atoms with van der Waals surface area (Å²) < 4.78 is 0. The third-order valence-electron chi connectivity index (χ3n) is 0.460. The predicted octanol–water partition coefficient (Wildman–Crippen LogP) is 0.517. The molecule has 9 heavy (non-hydrogen) atoms. The molecule has 0 aromatic heterocycles. The molecular weight excluding hydrogens is 140 g/mol. The van der Waals surface area contributed by atoms with Gasteiger partial charge in [0.2, 0.25) is 0 Å². The molecule has 0 aromatic rings. The van der Waals surface area contributed by atoms with Crippen LogP contribution in [0, 0.1) is 0 Å². The molecule has 0 amide bonds. The number of aldehydes is 1. The van der Waals surface area contributed by atoms with E-state index in [9.17, 15) is 9.59 Å². The van der Waals surface area contributed by atoms with Gasteiger partial charge in [-0.1, -0.05) is 0 Å². The van der Waals surface area contributed by atoms with Gasteiger partial charge in [-0.25, -0.2) is 0 Å². The van der Waals surface area contributed by atoms with Crippen molar-refractivity contribution < 1.29 is 14.7 Å². The van der Waals surface area contributed by atoms with Crippen molar-refractivity contribution in [2.24, 2.45) is 0 Å². The summed E-state index contributed by atoms with van der Waals surface area (Å²) in [5.74, 6) is -0.875. The summed E-state index contributed by atoms with van der Waals surface area (Å²) in [4.78, 5) is 19.4. The average Bonchev–Trinajstić information content (AvgIpc) is 1.80. The number of allylic oxidation sites excluding steroid dienone is 1. The smallest absolute Gasteiger partial charge is 0.313 e. The summed E-state index contributed by atoms with van der Waals surface area (Å²) in [5, 5.41) is 9.52. The minimum atomic E-state index is -0.879. The number of hydrogen-bond donors (Lipinski definition) is 1. The van der Waals surface area contributed by atoms with Crippen molar-refractivity contribution in [2.45, 2.75) is 0 Å². The second-order valence-corrected chi connectivity index (χ2v) is 2.06. The number of carbonyl (C=O) groups is 2. The third-order valence-corrected chi connectivity index (χ3v) is 1.22. The molecule has 50 valence electrons. The largest absolute Gasteiger partial charge is 0.481 e. The van der Waals surface area contributed by atoms with Gasteiger partial charge in [0.25, 0.3) is 0 Å². The van der Waals surface area contributed by atoms with Gasteiger partial charge >= 0.3 is 5.97 Å². The Morgan fingerprint density at radius 2 is 2.33 bits per heavy atom. The van der Waals surface area contributed by atoms with Crippen LogP contribution in [0.25, 0.3) is 0 Å². The zero-order valence-corrected chi connectivity index (χ0v) is 5.43. The van der Waals surface area contributed by atoms with Crippen molar-refractivity contribution in [3.8, 4) is 0 Å². The second-order valence-electron chi connectivity index (χ2n) is 1.17. The van der Waals surface area contributed by atoms with Crippen molar-refractivity contribution in [2.75, 3.05) is 5.75 Å². The van der Waals surface area contributed by atoms with Gasteiger partial charge in [0.1, 0.15) is 6.29 Å².